The zero-order valence-electron chi connectivity index (χ0n) is 10.5. The molecule has 0 amide bonds. The molecule has 0 spiro atoms. The van der Waals surface area contributed by atoms with E-state index in [1.54, 1.807) is 18.3 Å². The summed E-state index contributed by atoms with van der Waals surface area (Å²) in [7, 11) is 0. The average molecular weight is 270 g/mol. The molecule has 0 saturated carbocycles. The van der Waals surface area contributed by atoms with Crippen LogP contribution in [0.4, 0.5) is 4.39 Å². The third-order valence-electron chi connectivity index (χ3n) is 2.85. The van der Waals surface area contributed by atoms with Crippen LogP contribution in [0.15, 0.2) is 48.8 Å². The van der Waals surface area contributed by atoms with Crippen LogP contribution in [0.5, 0.6) is 11.6 Å². The Hall–Kier alpha value is -2.53. The minimum absolute atomic E-state index is 0.184. The lowest BCUT2D eigenvalue weighted by Crippen LogP contribution is -1.96. The van der Waals surface area contributed by atoms with E-state index < -0.39 is 5.82 Å². The lowest BCUT2D eigenvalue weighted by atomic mass is 10.2. The van der Waals surface area contributed by atoms with Crippen LogP contribution >= 0.6 is 0 Å². The van der Waals surface area contributed by atoms with E-state index >= 15 is 0 Å². The van der Waals surface area contributed by atoms with Crippen LogP contribution in [0, 0.1) is 5.82 Å². The number of hydrogen-bond acceptors (Lipinski definition) is 4. The normalized spacial score (nSPS) is 10.7. The summed E-state index contributed by atoms with van der Waals surface area (Å²) in [6, 6.07) is 10.4. The Morgan fingerprint density at radius 3 is 2.90 bits per heavy atom. The van der Waals surface area contributed by atoms with E-state index in [0.717, 1.165) is 17.1 Å². The third-order valence-corrected chi connectivity index (χ3v) is 2.85. The van der Waals surface area contributed by atoms with Gasteiger partial charge in [-0.3, -0.25) is 4.98 Å². The standard InChI is InChI=1S/C15H11FN2O2/c16-12-6-11(9-19)15(18-8-12)20-13-4-3-10-2-1-5-17-14(10)7-13/h1-8,19H,9H2. The van der Waals surface area contributed by atoms with Gasteiger partial charge >= 0.3 is 0 Å². The van der Waals surface area contributed by atoms with E-state index in [-0.39, 0.29) is 12.5 Å². The fourth-order valence-corrected chi connectivity index (χ4v) is 1.90. The first-order valence-electron chi connectivity index (χ1n) is 6.04. The number of fused-ring (bicyclic) bond motifs is 1. The van der Waals surface area contributed by atoms with Crippen molar-refractivity contribution in [2.75, 3.05) is 0 Å². The van der Waals surface area contributed by atoms with Gasteiger partial charge in [0, 0.05) is 23.2 Å². The van der Waals surface area contributed by atoms with Crippen LogP contribution < -0.4 is 4.74 Å². The van der Waals surface area contributed by atoms with Crippen molar-refractivity contribution < 1.29 is 14.2 Å². The van der Waals surface area contributed by atoms with Crippen LogP contribution in [-0.2, 0) is 6.61 Å². The number of ether oxygens (including phenoxy) is 1. The molecule has 3 rings (SSSR count). The molecule has 0 bridgehead atoms. The highest BCUT2D eigenvalue weighted by Gasteiger charge is 2.08. The molecular weight excluding hydrogens is 259 g/mol. The summed E-state index contributed by atoms with van der Waals surface area (Å²) in [6.45, 7) is -0.341. The fraction of sp³-hybridized carbons (Fsp3) is 0.0667. The predicted octanol–water partition coefficient (Wildman–Crippen LogP) is 3.05. The van der Waals surface area contributed by atoms with Crippen molar-refractivity contribution in [1.82, 2.24) is 9.97 Å². The highest BCUT2D eigenvalue weighted by Crippen LogP contribution is 2.26. The van der Waals surface area contributed by atoms with Crippen molar-refractivity contribution in [3.63, 3.8) is 0 Å². The molecule has 0 radical (unpaired) electrons. The molecule has 3 aromatic rings. The molecule has 100 valence electrons. The largest absolute Gasteiger partial charge is 0.439 e. The van der Waals surface area contributed by atoms with Gasteiger partial charge in [-0.15, -0.1) is 0 Å². The van der Waals surface area contributed by atoms with Gasteiger partial charge in [-0.2, -0.15) is 0 Å². The fourth-order valence-electron chi connectivity index (χ4n) is 1.90. The number of aliphatic hydroxyl groups excluding tert-OH is 1. The molecule has 1 aromatic carbocycles. The second-order valence-electron chi connectivity index (χ2n) is 4.24. The highest BCUT2D eigenvalue weighted by atomic mass is 19.1. The van der Waals surface area contributed by atoms with Crippen LogP contribution in [0.2, 0.25) is 0 Å². The Balaban J connectivity index is 1.96. The minimum atomic E-state index is -0.512. The molecule has 0 atom stereocenters. The van der Waals surface area contributed by atoms with E-state index in [9.17, 15) is 9.50 Å². The highest BCUT2D eigenvalue weighted by molar-refractivity contribution is 5.79. The van der Waals surface area contributed by atoms with Crippen molar-refractivity contribution in [3.8, 4) is 11.6 Å². The Morgan fingerprint density at radius 2 is 2.05 bits per heavy atom. The van der Waals surface area contributed by atoms with Gasteiger partial charge in [0.05, 0.1) is 18.3 Å². The molecule has 2 heterocycles. The molecule has 20 heavy (non-hydrogen) atoms. The first-order chi connectivity index (χ1) is 9.76. The summed E-state index contributed by atoms with van der Waals surface area (Å²) >= 11 is 0. The lowest BCUT2D eigenvalue weighted by Gasteiger charge is -2.09. The number of pyridine rings is 2. The summed E-state index contributed by atoms with van der Waals surface area (Å²) in [5.74, 6) is 0.204. The number of aromatic nitrogens is 2. The second kappa shape index (κ2) is 5.22. The first-order valence-corrected chi connectivity index (χ1v) is 6.04. The maximum atomic E-state index is 13.0. The summed E-state index contributed by atoms with van der Waals surface area (Å²) in [5.41, 5.74) is 1.09. The van der Waals surface area contributed by atoms with Gasteiger partial charge < -0.3 is 9.84 Å². The Bertz CT molecular complexity index is 762. The first kappa shape index (κ1) is 12.5. The van der Waals surface area contributed by atoms with Crippen LogP contribution in [0.3, 0.4) is 0 Å². The second-order valence-corrected chi connectivity index (χ2v) is 4.24. The SMILES string of the molecule is OCc1cc(F)cnc1Oc1ccc2cccnc2c1. The molecule has 5 heteroatoms. The van der Waals surface area contributed by atoms with Gasteiger partial charge in [0.25, 0.3) is 0 Å². The van der Waals surface area contributed by atoms with E-state index in [2.05, 4.69) is 9.97 Å². The van der Waals surface area contributed by atoms with Crippen LogP contribution in [0.1, 0.15) is 5.56 Å². The zero-order chi connectivity index (χ0) is 13.9. The van der Waals surface area contributed by atoms with Gasteiger partial charge in [0.2, 0.25) is 5.88 Å². The van der Waals surface area contributed by atoms with Crippen molar-refractivity contribution in [2.24, 2.45) is 0 Å². The molecule has 2 aromatic heterocycles. The maximum absolute atomic E-state index is 13.0. The summed E-state index contributed by atoms with van der Waals surface area (Å²) < 4.78 is 18.6. The van der Waals surface area contributed by atoms with Gasteiger partial charge in [0.15, 0.2) is 0 Å². The van der Waals surface area contributed by atoms with Gasteiger partial charge in [-0.25, -0.2) is 9.37 Å². The Kier molecular flexibility index (Phi) is 3.26. The Morgan fingerprint density at radius 1 is 1.15 bits per heavy atom. The Labute approximate surface area is 114 Å². The molecule has 0 unspecified atom stereocenters. The van der Waals surface area contributed by atoms with Gasteiger partial charge in [0.1, 0.15) is 11.6 Å². The van der Waals surface area contributed by atoms with E-state index in [1.807, 2.05) is 18.2 Å². The minimum Gasteiger partial charge on any atom is -0.439 e. The molecule has 0 aliphatic heterocycles. The van der Waals surface area contributed by atoms with Crippen molar-refractivity contribution in [1.29, 1.82) is 0 Å². The van der Waals surface area contributed by atoms with Gasteiger partial charge in [-0.05, 0) is 24.3 Å². The van der Waals surface area contributed by atoms with Crippen LogP contribution in [-0.4, -0.2) is 15.1 Å². The molecule has 0 fully saturated rings. The lowest BCUT2D eigenvalue weighted by molar-refractivity contribution is 0.274. The molecule has 0 saturated heterocycles. The summed E-state index contributed by atoms with van der Waals surface area (Å²) in [5, 5.41) is 10.2. The van der Waals surface area contributed by atoms with E-state index in [0.29, 0.717) is 11.3 Å². The number of rotatable bonds is 3. The van der Waals surface area contributed by atoms with Gasteiger partial charge in [-0.1, -0.05) is 6.07 Å². The number of aliphatic hydroxyl groups is 1. The van der Waals surface area contributed by atoms with Crippen molar-refractivity contribution >= 4 is 10.9 Å². The van der Waals surface area contributed by atoms with E-state index in [1.165, 1.54) is 6.07 Å². The molecular formula is C15H11FN2O2. The molecule has 0 aliphatic carbocycles. The van der Waals surface area contributed by atoms with Crippen molar-refractivity contribution in [3.05, 3.63) is 60.2 Å². The summed E-state index contributed by atoms with van der Waals surface area (Å²) in [6.07, 6.45) is 2.75. The monoisotopic (exact) mass is 270 g/mol. The number of halogens is 1. The molecule has 0 aliphatic rings. The third kappa shape index (κ3) is 2.44. The average Bonchev–Trinajstić information content (AvgIpc) is 2.49. The maximum Gasteiger partial charge on any atom is 0.224 e. The quantitative estimate of drug-likeness (QED) is 0.794. The van der Waals surface area contributed by atoms with E-state index in [4.69, 9.17) is 4.74 Å². The number of nitrogens with zero attached hydrogens (tertiary/aromatic N) is 2. The molecule has 4 nitrogen and oxygen atoms in total. The zero-order valence-corrected chi connectivity index (χ0v) is 10.5. The number of hydrogen-bond donors (Lipinski definition) is 1. The summed E-state index contributed by atoms with van der Waals surface area (Å²) in [4.78, 5) is 8.08. The van der Waals surface area contributed by atoms with Crippen LogP contribution in [0.25, 0.3) is 10.9 Å². The smallest absolute Gasteiger partial charge is 0.224 e. The topological polar surface area (TPSA) is 55.2 Å². The number of benzene rings is 1. The molecule has 1 N–H and O–H groups in total. The predicted molar refractivity (Wildman–Crippen MR) is 71.9 cm³/mol. The van der Waals surface area contributed by atoms with Crippen molar-refractivity contribution in [2.45, 2.75) is 6.61 Å².